The normalized spacial score (nSPS) is 27.3. The summed E-state index contributed by atoms with van der Waals surface area (Å²) in [5.74, 6) is -2.81. The van der Waals surface area contributed by atoms with E-state index in [1.54, 1.807) is 12.1 Å². The summed E-state index contributed by atoms with van der Waals surface area (Å²) in [4.78, 5) is 0. The van der Waals surface area contributed by atoms with Gasteiger partial charge in [-0.1, -0.05) is 63.8 Å². The van der Waals surface area contributed by atoms with Crippen molar-refractivity contribution in [2.45, 2.75) is 77.0 Å². The number of benzene rings is 2. The molecule has 0 amide bonds. The summed E-state index contributed by atoms with van der Waals surface area (Å²) >= 11 is 0. The van der Waals surface area contributed by atoms with Crippen molar-refractivity contribution in [3.05, 3.63) is 58.7 Å². The lowest BCUT2D eigenvalue weighted by Gasteiger charge is -2.27. The van der Waals surface area contributed by atoms with E-state index in [0.29, 0.717) is 23.0 Å². The van der Waals surface area contributed by atoms with Gasteiger partial charge in [-0.2, -0.15) is 0 Å². The molecular weight excluding hydrogens is 388 g/mol. The van der Waals surface area contributed by atoms with E-state index in [1.165, 1.54) is 12.1 Å². The molecule has 2 aliphatic carbocycles. The second-order valence-corrected chi connectivity index (χ2v) is 9.57. The van der Waals surface area contributed by atoms with Gasteiger partial charge < -0.3 is 0 Å². The number of hydrogen-bond donors (Lipinski definition) is 0. The highest BCUT2D eigenvalue weighted by Gasteiger charge is 2.28. The number of hydrogen-bond acceptors (Lipinski definition) is 0. The molecule has 0 heterocycles. The van der Waals surface area contributed by atoms with E-state index in [4.69, 9.17) is 0 Å². The van der Waals surface area contributed by atoms with E-state index in [0.717, 1.165) is 51.4 Å². The molecule has 4 heteroatoms. The van der Waals surface area contributed by atoms with Gasteiger partial charge in [0.1, 0.15) is 0 Å². The van der Waals surface area contributed by atoms with E-state index >= 15 is 0 Å². The molecule has 2 aromatic rings. The first-order valence-electron chi connectivity index (χ1n) is 11.3. The fourth-order valence-corrected chi connectivity index (χ4v) is 5.32. The Labute approximate surface area is 179 Å². The second-order valence-electron chi connectivity index (χ2n) is 9.57. The van der Waals surface area contributed by atoms with Crippen LogP contribution in [0.15, 0.2) is 24.3 Å². The van der Waals surface area contributed by atoms with E-state index in [1.807, 2.05) is 0 Å². The third-order valence-corrected chi connectivity index (χ3v) is 7.43. The Morgan fingerprint density at radius 1 is 0.533 bits per heavy atom. The number of halogens is 4. The standard InChI is InChI=1S/C26H30F4.2H2/c1-15-3-7-17(8-4-15)19-11-13-21(25(29)23(19)27)22-14-12-20(24(28)26(22)30)18-9-5-16(2)6-10-18;;/h11-18H,3-10H2,1-2H3;2*1H. The SMILES string of the molecule is CC1CCC(c2ccc(-c3ccc(C4CCC(C)CC4)c(F)c3F)c(F)c2F)CC1.[HH].[HH]. The van der Waals surface area contributed by atoms with Gasteiger partial charge in [-0.25, -0.2) is 17.6 Å². The van der Waals surface area contributed by atoms with Crippen LogP contribution in [-0.2, 0) is 0 Å². The van der Waals surface area contributed by atoms with E-state index in [9.17, 15) is 17.6 Å². The highest BCUT2D eigenvalue weighted by atomic mass is 19.2. The molecule has 0 aromatic heterocycles. The van der Waals surface area contributed by atoms with Crippen LogP contribution in [-0.4, -0.2) is 0 Å². The molecule has 0 saturated heterocycles. The molecule has 4 rings (SSSR count). The van der Waals surface area contributed by atoms with Crippen molar-refractivity contribution in [3.63, 3.8) is 0 Å². The van der Waals surface area contributed by atoms with Gasteiger partial charge in [0.05, 0.1) is 0 Å². The second kappa shape index (κ2) is 8.72. The summed E-state index contributed by atoms with van der Waals surface area (Å²) in [5, 5.41) is 0. The Morgan fingerprint density at radius 2 is 0.867 bits per heavy atom. The van der Waals surface area contributed by atoms with Crippen LogP contribution in [0.2, 0.25) is 0 Å². The first-order chi connectivity index (χ1) is 14.4. The van der Waals surface area contributed by atoms with Crippen molar-refractivity contribution in [2.24, 2.45) is 11.8 Å². The molecular formula is C26H34F4. The molecule has 2 aliphatic rings. The fourth-order valence-electron chi connectivity index (χ4n) is 5.32. The van der Waals surface area contributed by atoms with Gasteiger partial charge in [-0.15, -0.1) is 0 Å². The predicted octanol–water partition coefficient (Wildman–Crippen LogP) is 8.99. The van der Waals surface area contributed by atoms with Gasteiger partial charge in [0.25, 0.3) is 0 Å². The highest BCUT2D eigenvalue weighted by Crippen LogP contribution is 2.41. The Kier molecular flexibility index (Phi) is 6.22. The Balaban J connectivity index is 0.00000181. The van der Waals surface area contributed by atoms with E-state index in [-0.39, 0.29) is 25.8 Å². The summed E-state index contributed by atoms with van der Waals surface area (Å²) in [7, 11) is 0. The van der Waals surface area contributed by atoms with Crippen LogP contribution in [0.4, 0.5) is 17.6 Å². The first kappa shape index (κ1) is 21.4. The van der Waals surface area contributed by atoms with Crippen LogP contribution in [0.3, 0.4) is 0 Å². The van der Waals surface area contributed by atoms with Gasteiger partial charge in [-0.3, -0.25) is 0 Å². The molecule has 2 fully saturated rings. The quantitative estimate of drug-likeness (QED) is 0.433. The molecule has 2 saturated carbocycles. The van der Waals surface area contributed by atoms with Crippen molar-refractivity contribution in [1.29, 1.82) is 0 Å². The van der Waals surface area contributed by atoms with Crippen molar-refractivity contribution < 1.29 is 20.4 Å². The third-order valence-electron chi connectivity index (χ3n) is 7.43. The lowest BCUT2D eigenvalue weighted by atomic mass is 9.78. The van der Waals surface area contributed by atoms with Crippen LogP contribution in [0, 0.1) is 35.1 Å². The van der Waals surface area contributed by atoms with E-state index < -0.39 is 23.3 Å². The minimum Gasteiger partial charge on any atom is -0.203 e. The van der Waals surface area contributed by atoms with Gasteiger partial charge in [0.15, 0.2) is 23.3 Å². The molecule has 0 aliphatic heterocycles. The molecule has 30 heavy (non-hydrogen) atoms. The third kappa shape index (κ3) is 4.02. The predicted molar refractivity (Wildman–Crippen MR) is 117 cm³/mol. The molecule has 0 N–H and O–H groups in total. The van der Waals surface area contributed by atoms with Gasteiger partial charge in [-0.05, 0) is 60.5 Å². The zero-order valence-corrected chi connectivity index (χ0v) is 17.8. The minimum absolute atomic E-state index is 0. The lowest BCUT2D eigenvalue weighted by Crippen LogP contribution is -2.14. The molecule has 2 aromatic carbocycles. The summed E-state index contributed by atoms with van der Waals surface area (Å²) in [6, 6.07) is 5.93. The molecule has 0 bridgehead atoms. The molecule has 0 atom stereocenters. The number of rotatable bonds is 3. The average Bonchev–Trinajstić information content (AvgIpc) is 2.74. The van der Waals surface area contributed by atoms with E-state index in [2.05, 4.69) is 13.8 Å². The van der Waals surface area contributed by atoms with Crippen LogP contribution in [0.1, 0.15) is 91.0 Å². The highest BCUT2D eigenvalue weighted by molar-refractivity contribution is 5.66. The van der Waals surface area contributed by atoms with Gasteiger partial charge >= 0.3 is 0 Å². The smallest absolute Gasteiger partial charge is 0.167 e. The molecule has 0 nitrogen and oxygen atoms in total. The van der Waals surface area contributed by atoms with Crippen LogP contribution < -0.4 is 0 Å². The van der Waals surface area contributed by atoms with Crippen LogP contribution in [0.25, 0.3) is 11.1 Å². The Hall–Kier alpha value is -1.84. The lowest BCUT2D eigenvalue weighted by molar-refractivity contribution is 0.339. The van der Waals surface area contributed by atoms with Crippen LogP contribution >= 0.6 is 0 Å². The van der Waals surface area contributed by atoms with Crippen molar-refractivity contribution in [2.75, 3.05) is 0 Å². The zero-order chi connectivity index (χ0) is 21.4. The van der Waals surface area contributed by atoms with Crippen LogP contribution in [0.5, 0.6) is 0 Å². The largest absolute Gasteiger partial charge is 0.203 e. The summed E-state index contributed by atoms with van der Waals surface area (Å²) in [5.41, 5.74) is 0.301. The topological polar surface area (TPSA) is 0 Å². The minimum atomic E-state index is -1.08. The average molecular weight is 423 g/mol. The van der Waals surface area contributed by atoms with Crippen molar-refractivity contribution in [3.8, 4) is 11.1 Å². The maximum Gasteiger partial charge on any atom is 0.167 e. The summed E-state index contributed by atoms with van der Waals surface area (Å²) < 4.78 is 59.6. The summed E-state index contributed by atoms with van der Waals surface area (Å²) in [6.07, 6.45) is 7.29. The summed E-state index contributed by atoms with van der Waals surface area (Å²) in [6.45, 7) is 4.34. The maximum absolute atomic E-state index is 14.9. The Bertz CT molecular complexity index is 839. The Morgan fingerprint density at radius 3 is 1.20 bits per heavy atom. The molecule has 0 radical (unpaired) electrons. The molecule has 0 spiro atoms. The van der Waals surface area contributed by atoms with Crippen molar-refractivity contribution >= 4 is 0 Å². The van der Waals surface area contributed by atoms with Crippen molar-refractivity contribution in [1.82, 2.24) is 0 Å². The van der Waals surface area contributed by atoms with Gasteiger partial charge in [0.2, 0.25) is 0 Å². The first-order valence-corrected chi connectivity index (χ1v) is 11.3. The molecule has 166 valence electrons. The maximum atomic E-state index is 14.9. The monoisotopic (exact) mass is 422 g/mol. The van der Waals surface area contributed by atoms with Gasteiger partial charge in [0, 0.05) is 14.0 Å². The zero-order valence-electron chi connectivity index (χ0n) is 17.8. The molecule has 0 unspecified atom stereocenters. The fraction of sp³-hybridized carbons (Fsp3) is 0.538.